The van der Waals surface area contributed by atoms with Crippen molar-refractivity contribution in [2.24, 2.45) is 35.3 Å². The number of hydrogen-bond donors (Lipinski definition) is 1. The summed E-state index contributed by atoms with van der Waals surface area (Å²) >= 11 is 0. The molecule has 25 heavy (non-hydrogen) atoms. The summed E-state index contributed by atoms with van der Waals surface area (Å²) in [6.45, 7) is 0. The molecule has 0 aromatic rings. The van der Waals surface area contributed by atoms with Crippen molar-refractivity contribution in [2.45, 2.75) is 83.5 Å². The second-order valence-corrected chi connectivity index (χ2v) is 9.45. The first-order valence-corrected chi connectivity index (χ1v) is 11.0. The summed E-state index contributed by atoms with van der Waals surface area (Å²) in [5.41, 5.74) is 12.7. The Bertz CT molecular complexity index is 642. The van der Waals surface area contributed by atoms with Crippen molar-refractivity contribution in [3.63, 3.8) is 0 Å². The molecule has 2 nitrogen and oxygen atoms in total. The molecule has 5 aliphatic carbocycles. The first-order valence-electron chi connectivity index (χ1n) is 11.0. The number of nitrogens with two attached hydrogens (primary N) is 1. The third-order valence-electron chi connectivity index (χ3n) is 8.41. The lowest BCUT2D eigenvalue weighted by atomic mass is 9.56. The summed E-state index contributed by atoms with van der Waals surface area (Å²) in [7, 11) is 0. The molecule has 5 rings (SSSR count). The number of primary amides is 1. The molecule has 5 atom stereocenters. The molecule has 5 unspecified atom stereocenters. The fourth-order valence-corrected chi connectivity index (χ4v) is 7.37. The van der Waals surface area contributed by atoms with Gasteiger partial charge in [-0.25, -0.2) is 0 Å². The van der Waals surface area contributed by atoms with Crippen LogP contribution in [0.15, 0.2) is 22.3 Å². The Labute approximate surface area is 152 Å². The third kappa shape index (κ3) is 2.54. The minimum absolute atomic E-state index is 0.0281. The maximum Gasteiger partial charge on any atom is 0.224 e. The van der Waals surface area contributed by atoms with Gasteiger partial charge in [-0.1, -0.05) is 41.6 Å². The molecule has 0 aliphatic heterocycles. The van der Waals surface area contributed by atoms with E-state index in [1.54, 1.807) is 16.7 Å². The fourth-order valence-electron chi connectivity index (χ4n) is 7.37. The Hall–Kier alpha value is -1.05. The van der Waals surface area contributed by atoms with Crippen molar-refractivity contribution in [1.29, 1.82) is 0 Å². The van der Waals surface area contributed by atoms with E-state index in [4.69, 9.17) is 5.73 Å². The average molecular weight is 340 g/mol. The molecule has 2 N–H and O–H groups in total. The zero-order valence-corrected chi connectivity index (χ0v) is 15.6. The normalized spacial score (nSPS) is 40.7. The topological polar surface area (TPSA) is 43.1 Å². The first kappa shape index (κ1) is 16.1. The summed E-state index contributed by atoms with van der Waals surface area (Å²) in [5, 5.41) is 0. The molecule has 0 spiro atoms. The molecule has 5 aliphatic rings. The molecule has 136 valence electrons. The third-order valence-corrected chi connectivity index (χ3v) is 8.41. The SMILES string of the molecule is NC(=O)C1CC2=C(CCC3CCCCC23)C2CCC3CCCCC3=C12. The highest BCUT2D eigenvalue weighted by molar-refractivity contribution is 5.81. The molecular weight excluding hydrogens is 306 g/mol. The minimum atomic E-state index is -0.0387. The molecule has 0 aromatic carbocycles. The molecule has 2 saturated carbocycles. The van der Waals surface area contributed by atoms with E-state index in [-0.39, 0.29) is 11.8 Å². The number of rotatable bonds is 1. The first-order chi connectivity index (χ1) is 12.2. The number of allylic oxidation sites excluding steroid dienone is 3. The Morgan fingerprint density at radius 1 is 0.800 bits per heavy atom. The summed E-state index contributed by atoms with van der Waals surface area (Å²) in [5.74, 6) is 3.04. The molecule has 0 radical (unpaired) electrons. The lowest BCUT2D eigenvalue weighted by Gasteiger charge is -2.49. The van der Waals surface area contributed by atoms with Gasteiger partial charge in [0.05, 0.1) is 5.92 Å². The Morgan fingerprint density at radius 2 is 1.64 bits per heavy atom. The van der Waals surface area contributed by atoms with E-state index in [9.17, 15) is 4.79 Å². The zero-order valence-electron chi connectivity index (χ0n) is 15.6. The molecular formula is C23H33NO. The van der Waals surface area contributed by atoms with Gasteiger partial charge in [-0.2, -0.15) is 0 Å². The van der Waals surface area contributed by atoms with E-state index in [0.29, 0.717) is 5.92 Å². The van der Waals surface area contributed by atoms with Gasteiger partial charge in [0.15, 0.2) is 0 Å². The van der Waals surface area contributed by atoms with Crippen LogP contribution < -0.4 is 5.73 Å². The Balaban J connectivity index is 1.60. The van der Waals surface area contributed by atoms with Crippen LogP contribution in [-0.4, -0.2) is 5.91 Å². The van der Waals surface area contributed by atoms with E-state index in [0.717, 1.165) is 24.2 Å². The maximum atomic E-state index is 12.5. The minimum Gasteiger partial charge on any atom is -0.369 e. The van der Waals surface area contributed by atoms with Crippen molar-refractivity contribution in [1.82, 2.24) is 0 Å². The predicted octanol–water partition coefficient (Wildman–Crippen LogP) is 5.29. The standard InChI is InChI=1S/C23H33NO/c24-23(25)21-13-20-16-7-3-1-5-14(16)9-11-18(20)19-12-10-15-6-2-4-8-17(15)22(19)21/h14-16,19,21H,1-13H2,(H2,24,25). The molecule has 2 heteroatoms. The number of carbonyl (C=O) groups excluding carboxylic acids is 1. The van der Waals surface area contributed by atoms with Crippen LogP contribution in [0.25, 0.3) is 0 Å². The van der Waals surface area contributed by atoms with Gasteiger partial charge in [-0.05, 0) is 82.0 Å². The molecule has 2 fully saturated rings. The molecule has 0 saturated heterocycles. The van der Waals surface area contributed by atoms with Crippen LogP contribution in [0.4, 0.5) is 0 Å². The van der Waals surface area contributed by atoms with E-state index < -0.39 is 0 Å². The van der Waals surface area contributed by atoms with Crippen molar-refractivity contribution in [3.8, 4) is 0 Å². The van der Waals surface area contributed by atoms with Gasteiger partial charge in [-0.15, -0.1) is 0 Å². The van der Waals surface area contributed by atoms with Gasteiger partial charge in [0.25, 0.3) is 0 Å². The second kappa shape index (κ2) is 6.28. The average Bonchev–Trinajstić information content (AvgIpc) is 2.66. The number of carbonyl (C=O) groups is 1. The van der Waals surface area contributed by atoms with E-state index in [1.165, 1.54) is 82.6 Å². The monoisotopic (exact) mass is 339 g/mol. The maximum absolute atomic E-state index is 12.5. The summed E-state index contributed by atoms with van der Waals surface area (Å²) in [6, 6.07) is 0. The quantitative estimate of drug-likeness (QED) is 0.648. The van der Waals surface area contributed by atoms with Crippen molar-refractivity contribution < 1.29 is 4.79 Å². The van der Waals surface area contributed by atoms with Crippen LogP contribution in [0, 0.1) is 29.6 Å². The van der Waals surface area contributed by atoms with Gasteiger partial charge >= 0.3 is 0 Å². The van der Waals surface area contributed by atoms with Crippen molar-refractivity contribution in [2.75, 3.05) is 0 Å². The predicted molar refractivity (Wildman–Crippen MR) is 101 cm³/mol. The van der Waals surface area contributed by atoms with Gasteiger partial charge in [0.1, 0.15) is 0 Å². The van der Waals surface area contributed by atoms with Gasteiger partial charge < -0.3 is 5.73 Å². The van der Waals surface area contributed by atoms with Crippen LogP contribution in [0.3, 0.4) is 0 Å². The van der Waals surface area contributed by atoms with Gasteiger partial charge in [-0.3, -0.25) is 4.79 Å². The summed E-state index contributed by atoms with van der Waals surface area (Å²) in [6.07, 6.45) is 17.3. The molecule has 0 heterocycles. The highest BCUT2D eigenvalue weighted by Gasteiger charge is 2.46. The van der Waals surface area contributed by atoms with Gasteiger partial charge in [0, 0.05) is 5.92 Å². The van der Waals surface area contributed by atoms with E-state index in [2.05, 4.69) is 0 Å². The largest absolute Gasteiger partial charge is 0.369 e. The summed E-state index contributed by atoms with van der Waals surface area (Å²) < 4.78 is 0. The van der Waals surface area contributed by atoms with Gasteiger partial charge in [0.2, 0.25) is 5.91 Å². The zero-order chi connectivity index (χ0) is 17.0. The van der Waals surface area contributed by atoms with Crippen LogP contribution >= 0.6 is 0 Å². The molecule has 1 amide bonds. The van der Waals surface area contributed by atoms with E-state index in [1.807, 2.05) is 0 Å². The molecule has 0 aromatic heterocycles. The second-order valence-electron chi connectivity index (χ2n) is 9.45. The number of amides is 1. The van der Waals surface area contributed by atoms with Crippen LogP contribution in [0.1, 0.15) is 83.5 Å². The highest BCUT2D eigenvalue weighted by atomic mass is 16.1. The lowest BCUT2D eigenvalue weighted by molar-refractivity contribution is -0.121. The fraction of sp³-hybridized carbons (Fsp3) is 0.783. The molecule has 0 bridgehead atoms. The van der Waals surface area contributed by atoms with Crippen LogP contribution in [0.2, 0.25) is 0 Å². The van der Waals surface area contributed by atoms with Crippen molar-refractivity contribution >= 4 is 5.91 Å². The lowest BCUT2D eigenvalue weighted by Crippen LogP contribution is -2.40. The number of hydrogen-bond acceptors (Lipinski definition) is 1. The Kier molecular flexibility index (Phi) is 4.06. The van der Waals surface area contributed by atoms with Crippen LogP contribution in [0.5, 0.6) is 0 Å². The van der Waals surface area contributed by atoms with Crippen molar-refractivity contribution in [3.05, 3.63) is 22.3 Å². The summed E-state index contributed by atoms with van der Waals surface area (Å²) in [4.78, 5) is 12.5. The number of fused-ring (bicyclic) bond motifs is 5. The Morgan fingerprint density at radius 3 is 2.52 bits per heavy atom. The van der Waals surface area contributed by atoms with E-state index >= 15 is 0 Å². The van der Waals surface area contributed by atoms with Crippen LogP contribution in [-0.2, 0) is 4.79 Å². The highest BCUT2D eigenvalue weighted by Crippen LogP contribution is 2.57. The smallest absolute Gasteiger partial charge is 0.224 e.